The van der Waals surface area contributed by atoms with Gasteiger partial charge in [0, 0.05) is 17.5 Å². The van der Waals surface area contributed by atoms with Gasteiger partial charge in [0.25, 0.3) is 5.91 Å². The van der Waals surface area contributed by atoms with E-state index in [4.69, 9.17) is 0 Å². The van der Waals surface area contributed by atoms with Crippen molar-refractivity contribution in [3.05, 3.63) is 21.4 Å². The van der Waals surface area contributed by atoms with Crippen LogP contribution in [0, 0.1) is 13.8 Å². The van der Waals surface area contributed by atoms with Gasteiger partial charge in [0.2, 0.25) is 0 Å². The maximum atomic E-state index is 11.9. The van der Waals surface area contributed by atoms with Crippen molar-refractivity contribution in [2.45, 2.75) is 32.7 Å². The van der Waals surface area contributed by atoms with Gasteiger partial charge in [0.15, 0.2) is 0 Å². The number of thiophene rings is 1. The minimum absolute atomic E-state index is 0. The van der Waals surface area contributed by atoms with E-state index in [1.807, 2.05) is 13.0 Å². The molecule has 2 heterocycles. The maximum Gasteiger partial charge on any atom is 0.261 e. The van der Waals surface area contributed by atoms with E-state index in [0.717, 1.165) is 30.8 Å². The Morgan fingerprint density at radius 3 is 2.82 bits per heavy atom. The highest BCUT2D eigenvalue weighted by Crippen LogP contribution is 2.20. The second-order valence-electron chi connectivity index (χ2n) is 4.37. The third kappa shape index (κ3) is 3.69. The van der Waals surface area contributed by atoms with Gasteiger partial charge >= 0.3 is 0 Å². The number of amides is 1. The van der Waals surface area contributed by atoms with Crippen LogP contribution < -0.4 is 10.6 Å². The van der Waals surface area contributed by atoms with Crippen LogP contribution in [0.25, 0.3) is 0 Å². The Labute approximate surface area is 112 Å². The molecule has 5 heteroatoms. The van der Waals surface area contributed by atoms with E-state index >= 15 is 0 Å². The number of hydrogen-bond acceptors (Lipinski definition) is 3. The summed E-state index contributed by atoms with van der Waals surface area (Å²) in [6.07, 6.45) is 2.23. The molecule has 0 aliphatic carbocycles. The lowest BCUT2D eigenvalue weighted by atomic mass is 10.1. The summed E-state index contributed by atoms with van der Waals surface area (Å²) in [6, 6.07) is 2.27. The smallest absolute Gasteiger partial charge is 0.261 e. The van der Waals surface area contributed by atoms with Crippen LogP contribution in [0.2, 0.25) is 0 Å². The van der Waals surface area contributed by atoms with Crippen LogP contribution in [0.3, 0.4) is 0 Å². The summed E-state index contributed by atoms with van der Waals surface area (Å²) in [5.41, 5.74) is 1.21. The summed E-state index contributed by atoms with van der Waals surface area (Å²) < 4.78 is 0. The van der Waals surface area contributed by atoms with Crippen LogP contribution in [0.15, 0.2) is 6.07 Å². The molecular formula is C12H19ClN2OS. The number of carbonyl (C=O) groups excluding carboxylic acids is 1. The topological polar surface area (TPSA) is 41.1 Å². The van der Waals surface area contributed by atoms with Crippen LogP contribution >= 0.6 is 23.7 Å². The minimum atomic E-state index is 0. The lowest BCUT2D eigenvalue weighted by molar-refractivity contribution is 0.0935. The van der Waals surface area contributed by atoms with Crippen LogP contribution in [0.5, 0.6) is 0 Å². The molecule has 17 heavy (non-hydrogen) atoms. The molecule has 3 nitrogen and oxygen atoms in total. The van der Waals surface area contributed by atoms with Crippen molar-refractivity contribution in [1.82, 2.24) is 10.6 Å². The van der Waals surface area contributed by atoms with E-state index in [1.54, 1.807) is 11.3 Å². The number of halogens is 1. The minimum Gasteiger partial charge on any atom is -0.347 e. The largest absolute Gasteiger partial charge is 0.347 e. The van der Waals surface area contributed by atoms with Crippen molar-refractivity contribution < 1.29 is 4.79 Å². The molecule has 0 unspecified atom stereocenters. The lowest BCUT2D eigenvalue weighted by Crippen LogP contribution is -2.45. The number of rotatable bonds is 2. The van der Waals surface area contributed by atoms with Crippen molar-refractivity contribution in [3.8, 4) is 0 Å². The monoisotopic (exact) mass is 274 g/mol. The average Bonchev–Trinajstić information content (AvgIpc) is 2.61. The van der Waals surface area contributed by atoms with Gasteiger partial charge in [-0.2, -0.15) is 0 Å². The Kier molecular flexibility index (Phi) is 5.43. The molecule has 1 aromatic rings. The van der Waals surface area contributed by atoms with E-state index in [2.05, 4.69) is 17.6 Å². The standard InChI is InChI=1S/C12H18N2OS.ClH/c1-8-6-11(16-9(8)2)12(15)14-10-4-3-5-13-7-10;/h6,10,13H,3-5,7H2,1-2H3,(H,14,15);1H/t10-;/m0./s1. The molecule has 2 rings (SSSR count). The molecule has 1 aromatic heterocycles. The molecule has 2 N–H and O–H groups in total. The zero-order chi connectivity index (χ0) is 11.5. The fourth-order valence-corrected chi connectivity index (χ4v) is 2.85. The van der Waals surface area contributed by atoms with Crippen molar-refractivity contribution in [2.24, 2.45) is 0 Å². The van der Waals surface area contributed by atoms with Gasteiger partial charge in [-0.25, -0.2) is 0 Å². The van der Waals surface area contributed by atoms with E-state index in [0.29, 0.717) is 6.04 Å². The SMILES string of the molecule is Cc1cc(C(=O)N[C@H]2CCCNC2)sc1C.Cl. The first-order valence-corrected chi connectivity index (χ1v) is 6.57. The third-order valence-corrected chi connectivity index (χ3v) is 4.17. The second-order valence-corrected chi connectivity index (χ2v) is 5.62. The predicted octanol–water partition coefficient (Wildman–Crippen LogP) is 2.27. The average molecular weight is 275 g/mol. The van der Waals surface area contributed by atoms with Gasteiger partial charge in [0.05, 0.1) is 4.88 Å². The summed E-state index contributed by atoms with van der Waals surface area (Å²) in [5, 5.41) is 6.38. The van der Waals surface area contributed by atoms with Gasteiger partial charge in [-0.3, -0.25) is 4.79 Å². The molecule has 0 aromatic carbocycles. The maximum absolute atomic E-state index is 11.9. The first kappa shape index (κ1) is 14.5. The Morgan fingerprint density at radius 2 is 2.29 bits per heavy atom. The fourth-order valence-electron chi connectivity index (χ4n) is 1.92. The van der Waals surface area contributed by atoms with Crippen molar-refractivity contribution in [1.29, 1.82) is 0 Å². The summed E-state index contributed by atoms with van der Waals surface area (Å²) in [5.74, 6) is 0.0786. The zero-order valence-electron chi connectivity index (χ0n) is 10.2. The first-order chi connectivity index (χ1) is 7.66. The number of piperidine rings is 1. The molecule has 0 spiro atoms. The molecule has 96 valence electrons. The Bertz CT molecular complexity index is 366. The summed E-state index contributed by atoms with van der Waals surface area (Å²) >= 11 is 1.58. The molecule has 0 bridgehead atoms. The number of hydrogen-bond donors (Lipinski definition) is 2. The highest BCUT2D eigenvalue weighted by molar-refractivity contribution is 7.14. The van der Waals surface area contributed by atoms with Gasteiger partial charge < -0.3 is 10.6 Å². The summed E-state index contributed by atoms with van der Waals surface area (Å²) in [4.78, 5) is 14.0. The Morgan fingerprint density at radius 1 is 1.53 bits per heavy atom. The quantitative estimate of drug-likeness (QED) is 0.869. The zero-order valence-corrected chi connectivity index (χ0v) is 11.8. The number of nitrogens with one attached hydrogen (secondary N) is 2. The molecule has 1 amide bonds. The first-order valence-electron chi connectivity index (χ1n) is 5.75. The van der Waals surface area contributed by atoms with Gasteiger partial charge in [-0.05, 0) is 44.9 Å². The molecule has 1 atom stereocenters. The molecule has 1 aliphatic heterocycles. The predicted molar refractivity (Wildman–Crippen MR) is 74.4 cm³/mol. The molecule has 1 fully saturated rings. The van der Waals surface area contributed by atoms with Crippen LogP contribution in [0.1, 0.15) is 33.0 Å². The van der Waals surface area contributed by atoms with Crippen LogP contribution in [0.4, 0.5) is 0 Å². The Balaban J connectivity index is 0.00000144. The van der Waals surface area contributed by atoms with Crippen LogP contribution in [-0.2, 0) is 0 Å². The van der Waals surface area contributed by atoms with E-state index in [1.165, 1.54) is 10.4 Å². The molecule has 0 saturated carbocycles. The molecule has 1 saturated heterocycles. The highest BCUT2D eigenvalue weighted by atomic mass is 35.5. The van der Waals surface area contributed by atoms with Crippen LogP contribution in [-0.4, -0.2) is 25.0 Å². The van der Waals surface area contributed by atoms with E-state index in [9.17, 15) is 4.79 Å². The molecule has 1 aliphatic rings. The summed E-state index contributed by atoms with van der Waals surface area (Å²) in [6.45, 7) is 6.07. The van der Waals surface area contributed by atoms with Gasteiger partial charge in [-0.15, -0.1) is 23.7 Å². The third-order valence-electron chi connectivity index (χ3n) is 3.02. The number of aryl methyl sites for hydroxylation is 2. The lowest BCUT2D eigenvalue weighted by Gasteiger charge is -2.23. The molecular weight excluding hydrogens is 256 g/mol. The molecule has 0 radical (unpaired) electrons. The fraction of sp³-hybridized carbons (Fsp3) is 0.583. The normalized spacial score (nSPS) is 19.5. The van der Waals surface area contributed by atoms with Gasteiger partial charge in [-0.1, -0.05) is 0 Å². The van der Waals surface area contributed by atoms with Crippen molar-refractivity contribution >= 4 is 29.7 Å². The van der Waals surface area contributed by atoms with E-state index in [-0.39, 0.29) is 18.3 Å². The van der Waals surface area contributed by atoms with Crippen molar-refractivity contribution in [3.63, 3.8) is 0 Å². The Hall–Kier alpha value is -0.580. The van der Waals surface area contributed by atoms with Crippen molar-refractivity contribution in [2.75, 3.05) is 13.1 Å². The highest BCUT2D eigenvalue weighted by Gasteiger charge is 2.17. The second kappa shape index (κ2) is 6.38. The van der Waals surface area contributed by atoms with E-state index < -0.39 is 0 Å². The number of carbonyl (C=O) groups is 1. The van der Waals surface area contributed by atoms with Gasteiger partial charge in [0.1, 0.15) is 0 Å². The summed E-state index contributed by atoms with van der Waals surface area (Å²) in [7, 11) is 0.